The van der Waals surface area contributed by atoms with Gasteiger partial charge in [0, 0.05) is 25.6 Å². The van der Waals surface area contributed by atoms with E-state index in [0.29, 0.717) is 13.2 Å². The smallest absolute Gasteiger partial charge is 0.310 e. The van der Waals surface area contributed by atoms with Crippen LogP contribution in [0.3, 0.4) is 0 Å². The molecule has 0 saturated carbocycles. The van der Waals surface area contributed by atoms with Gasteiger partial charge in [0.15, 0.2) is 0 Å². The highest BCUT2D eigenvalue weighted by atomic mass is 16.5. The van der Waals surface area contributed by atoms with Crippen molar-refractivity contribution in [3.63, 3.8) is 0 Å². The Labute approximate surface area is 142 Å². The standard InChI is InChI=1S/C20H23NO3/c1-2-24-20(23)18-14-21(12-15-8-4-3-5-9-15)13-17(18)16-10-6-7-11-19(16)22/h3-11,17-18,22H,2,12-14H2,1H3/t17-,18-/m1/s1. The van der Waals surface area contributed by atoms with E-state index in [1.54, 1.807) is 12.1 Å². The second-order valence-corrected chi connectivity index (χ2v) is 6.20. The molecule has 1 fully saturated rings. The lowest BCUT2D eigenvalue weighted by Crippen LogP contribution is -2.25. The van der Waals surface area contributed by atoms with Crippen molar-refractivity contribution < 1.29 is 14.6 Å². The van der Waals surface area contributed by atoms with E-state index in [9.17, 15) is 9.90 Å². The number of benzene rings is 2. The van der Waals surface area contributed by atoms with Gasteiger partial charge >= 0.3 is 5.97 Å². The first-order valence-corrected chi connectivity index (χ1v) is 8.40. The Bertz CT molecular complexity index is 686. The molecule has 4 heteroatoms. The van der Waals surface area contributed by atoms with Gasteiger partial charge in [-0.25, -0.2) is 0 Å². The third-order valence-electron chi connectivity index (χ3n) is 4.57. The van der Waals surface area contributed by atoms with Gasteiger partial charge in [-0.15, -0.1) is 0 Å². The Morgan fingerprint density at radius 2 is 1.83 bits per heavy atom. The Kier molecular flexibility index (Phi) is 5.16. The van der Waals surface area contributed by atoms with Crippen LogP contribution in [0.1, 0.15) is 24.0 Å². The van der Waals surface area contributed by atoms with E-state index in [2.05, 4.69) is 17.0 Å². The van der Waals surface area contributed by atoms with Crippen molar-refractivity contribution in [2.75, 3.05) is 19.7 Å². The van der Waals surface area contributed by atoms with Gasteiger partial charge in [-0.3, -0.25) is 9.69 Å². The zero-order chi connectivity index (χ0) is 16.9. The SMILES string of the molecule is CCOC(=O)[C@@H]1CN(Cc2ccccc2)C[C@@H]1c1ccccc1O. The second-order valence-electron chi connectivity index (χ2n) is 6.20. The maximum atomic E-state index is 12.4. The van der Waals surface area contributed by atoms with E-state index >= 15 is 0 Å². The molecule has 1 N–H and O–H groups in total. The zero-order valence-electron chi connectivity index (χ0n) is 13.9. The first kappa shape index (κ1) is 16.5. The highest BCUT2D eigenvalue weighted by Crippen LogP contribution is 2.38. The molecule has 0 aliphatic carbocycles. The van der Waals surface area contributed by atoms with Crippen LogP contribution in [0.25, 0.3) is 0 Å². The Hall–Kier alpha value is -2.33. The van der Waals surface area contributed by atoms with E-state index in [-0.39, 0.29) is 23.6 Å². The monoisotopic (exact) mass is 325 g/mol. The van der Waals surface area contributed by atoms with E-state index in [1.165, 1.54) is 5.56 Å². The molecule has 0 spiro atoms. The van der Waals surface area contributed by atoms with Crippen LogP contribution in [0, 0.1) is 5.92 Å². The molecule has 126 valence electrons. The second kappa shape index (κ2) is 7.49. The minimum Gasteiger partial charge on any atom is -0.508 e. The molecule has 1 heterocycles. The third-order valence-corrected chi connectivity index (χ3v) is 4.57. The number of esters is 1. The first-order chi connectivity index (χ1) is 11.7. The maximum absolute atomic E-state index is 12.4. The molecule has 2 aromatic carbocycles. The number of nitrogens with zero attached hydrogens (tertiary/aromatic N) is 1. The van der Waals surface area contributed by atoms with Crippen LogP contribution in [0.4, 0.5) is 0 Å². The van der Waals surface area contributed by atoms with Crippen molar-refractivity contribution in [1.82, 2.24) is 4.90 Å². The fraction of sp³-hybridized carbons (Fsp3) is 0.350. The number of likely N-dealkylation sites (tertiary alicyclic amines) is 1. The van der Waals surface area contributed by atoms with Gasteiger partial charge in [-0.1, -0.05) is 48.5 Å². The first-order valence-electron chi connectivity index (χ1n) is 8.40. The molecule has 0 radical (unpaired) electrons. The van der Waals surface area contributed by atoms with Crippen molar-refractivity contribution in [2.24, 2.45) is 5.92 Å². The minimum atomic E-state index is -0.248. The normalized spacial score (nSPS) is 20.9. The number of ether oxygens (including phenoxy) is 1. The molecule has 1 saturated heterocycles. The van der Waals surface area contributed by atoms with Crippen molar-refractivity contribution >= 4 is 5.97 Å². The predicted octanol–water partition coefficient (Wildman–Crippen LogP) is 3.17. The van der Waals surface area contributed by atoms with Crippen molar-refractivity contribution in [1.29, 1.82) is 0 Å². The number of phenols is 1. The highest BCUT2D eigenvalue weighted by molar-refractivity contribution is 5.75. The number of aromatic hydroxyl groups is 1. The predicted molar refractivity (Wildman–Crippen MR) is 92.7 cm³/mol. The molecule has 0 amide bonds. The van der Waals surface area contributed by atoms with Crippen LogP contribution in [0.15, 0.2) is 54.6 Å². The number of carbonyl (C=O) groups excluding carboxylic acids is 1. The summed E-state index contributed by atoms with van der Waals surface area (Å²) in [5.41, 5.74) is 2.05. The zero-order valence-corrected chi connectivity index (χ0v) is 13.9. The number of rotatable bonds is 5. The molecular weight excluding hydrogens is 302 g/mol. The molecular formula is C20H23NO3. The number of carbonyl (C=O) groups is 1. The number of hydrogen-bond acceptors (Lipinski definition) is 4. The summed E-state index contributed by atoms with van der Waals surface area (Å²) in [5.74, 6) is -0.226. The van der Waals surface area contributed by atoms with Crippen molar-refractivity contribution in [3.8, 4) is 5.75 Å². The summed E-state index contributed by atoms with van der Waals surface area (Å²) >= 11 is 0. The fourth-order valence-corrected chi connectivity index (χ4v) is 3.46. The Balaban J connectivity index is 1.82. The summed E-state index contributed by atoms with van der Waals surface area (Å²) in [6.07, 6.45) is 0. The number of hydrogen-bond donors (Lipinski definition) is 1. The Morgan fingerprint density at radius 3 is 2.54 bits per heavy atom. The summed E-state index contributed by atoms with van der Waals surface area (Å²) in [4.78, 5) is 14.7. The molecule has 2 aromatic rings. The van der Waals surface area contributed by atoms with E-state index in [4.69, 9.17) is 4.74 Å². The average Bonchev–Trinajstić information content (AvgIpc) is 3.00. The van der Waals surface area contributed by atoms with Gasteiger partial charge < -0.3 is 9.84 Å². The number of phenolic OH excluding ortho intramolecular Hbond substituents is 1. The van der Waals surface area contributed by atoms with Gasteiger partial charge in [0.1, 0.15) is 5.75 Å². The average molecular weight is 325 g/mol. The van der Waals surface area contributed by atoms with Gasteiger partial charge in [0.25, 0.3) is 0 Å². The summed E-state index contributed by atoms with van der Waals surface area (Å²) in [6, 6.07) is 17.5. The van der Waals surface area contributed by atoms with Crippen LogP contribution in [-0.4, -0.2) is 35.7 Å². The molecule has 2 atom stereocenters. The topological polar surface area (TPSA) is 49.8 Å². The lowest BCUT2D eigenvalue weighted by Gasteiger charge is -2.18. The summed E-state index contributed by atoms with van der Waals surface area (Å²) in [5, 5.41) is 10.2. The molecule has 0 unspecified atom stereocenters. The minimum absolute atomic E-state index is 0.0473. The summed E-state index contributed by atoms with van der Waals surface area (Å²) in [6.45, 7) is 4.37. The van der Waals surface area contributed by atoms with Crippen LogP contribution in [0.2, 0.25) is 0 Å². The molecule has 1 aliphatic heterocycles. The number of para-hydroxylation sites is 1. The quantitative estimate of drug-likeness (QED) is 0.858. The lowest BCUT2D eigenvalue weighted by molar-refractivity contribution is -0.148. The largest absolute Gasteiger partial charge is 0.508 e. The fourth-order valence-electron chi connectivity index (χ4n) is 3.46. The van der Waals surface area contributed by atoms with Gasteiger partial charge in [-0.05, 0) is 24.1 Å². The highest BCUT2D eigenvalue weighted by Gasteiger charge is 2.40. The lowest BCUT2D eigenvalue weighted by atomic mass is 9.88. The van der Waals surface area contributed by atoms with E-state index in [0.717, 1.165) is 18.7 Å². The molecule has 24 heavy (non-hydrogen) atoms. The van der Waals surface area contributed by atoms with Crippen molar-refractivity contribution in [2.45, 2.75) is 19.4 Å². The van der Waals surface area contributed by atoms with Crippen LogP contribution >= 0.6 is 0 Å². The van der Waals surface area contributed by atoms with Gasteiger partial charge in [0.2, 0.25) is 0 Å². The van der Waals surface area contributed by atoms with Gasteiger partial charge in [0.05, 0.1) is 12.5 Å². The van der Waals surface area contributed by atoms with Crippen molar-refractivity contribution in [3.05, 3.63) is 65.7 Å². The molecule has 0 aromatic heterocycles. The molecule has 4 nitrogen and oxygen atoms in total. The summed E-state index contributed by atoms with van der Waals surface area (Å²) in [7, 11) is 0. The maximum Gasteiger partial charge on any atom is 0.310 e. The third kappa shape index (κ3) is 3.60. The molecule has 3 rings (SSSR count). The summed E-state index contributed by atoms with van der Waals surface area (Å²) < 4.78 is 5.27. The van der Waals surface area contributed by atoms with Crippen LogP contribution < -0.4 is 0 Å². The van der Waals surface area contributed by atoms with Crippen LogP contribution in [-0.2, 0) is 16.1 Å². The van der Waals surface area contributed by atoms with Crippen LogP contribution in [0.5, 0.6) is 5.75 Å². The van der Waals surface area contributed by atoms with E-state index < -0.39 is 0 Å². The Morgan fingerprint density at radius 1 is 1.12 bits per heavy atom. The van der Waals surface area contributed by atoms with Gasteiger partial charge in [-0.2, -0.15) is 0 Å². The molecule has 1 aliphatic rings. The molecule has 0 bridgehead atoms. The van der Waals surface area contributed by atoms with E-state index in [1.807, 2.05) is 37.3 Å².